The summed E-state index contributed by atoms with van der Waals surface area (Å²) in [5.74, 6) is 0.447. The number of carbonyl (C=O) groups excluding carboxylic acids is 2. The number of hydrogen-bond acceptors (Lipinski definition) is 4. The first-order valence-corrected chi connectivity index (χ1v) is 7.02. The van der Waals surface area contributed by atoms with Crippen molar-refractivity contribution in [2.24, 2.45) is 0 Å². The summed E-state index contributed by atoms with van der Waals surface area (Å²) in [5.41, 5.74) is 5.75. The molecule has 5 nitrogen and oxygen atoms in total. The molecule has 2 rings (SSSR count). The molecule has 0 aliphatic carbocycles. The zero-order valence-corrected chi connectivity index (χ0v) is 11.8. The van der Waals surface area contributed by atoms with Gasteiger partial charge in [-0.25, -0.2) is 4.79 Å². The Hall–Kier alpha value is -1.69. The van der Waals surface area contributed by atoms with E-state index in [0.717, 1.165) is 4.90 Å². The van der Waals surface area contributed by atoms with E-state index in [1.807, 2.05) is 24.3 Å². The van der Waals surface area contributed by atoms with Crippen molar-refractivity contribution in [1.29, 1.82) is 0 Å². The van der Waals surface area contributed by atoms with Crippen LogP contribution in [0.4, 0.5) is 10.5 Å². The van der Waals surface area contributed by atoms with Crippen molar-refractivity contribution in [3.05, 3.63) is 24.3 Å². The van der Waals surface area contributed by atoms with E-state index in [1.54, 1.807) is 13.8 Å². The number of para-hydroxylation sites is 1. The predicted molar refractivity (Wildman–Crippen MR) is 75.9 cm³/mol. The van der Waals surface area contributed by atoms with E-state index >= 15 is 0 Å². The normalized spacial score (nSPS) is 17.7. The van der Waals surface area contributed by atoms with E-state index in [1.165, 1.54) is 16.7 Å². The van der Waals surface area contributed by atoms with Gasteiger partial charge in [-0.2, -0.15) is 0 Å². The second kappa shape index (κ2) is 5.13. The van der Waals surface area contributed by atoms with E-state index in [0.29, 0.717) is 18.0 Å². The quantitative estimate of drug-likeness (QED) is 0.499. The molecule has 0 radical (unpaired) electrons. The van der Waals surface area contributed by atoms with E-state index in [9.17, 15) is 9.59 Å². The van der Waals surface area contributed by atoms with Crippen LogP contribution < -0.4 is 11.1 Å². The fourth-order valence-electron chi connectivity index (χ4n) is 1.88. The second-order valence-corrected chi connectivity index (χ2v) is 6.03. The molecule has 102 valence electrons. The zero-order chi connectivity index (χ0) is 14.0. The first kappa shape index (κ1) is 13.7. The van der Waals surface area contributed by atoms with Crippen molar-refractivity contribution in [2.45, 2.75) is 24.3 Å². The first-order chi connectivity index (χ1) is 8.92. The average Bonchev–Trinajstić information content (AvgIpc) is 2.53. The number of thioether (sulfide) groups is 1. The predicted octanol–water partition coefficient (Wildman–Crippen LogP) is 1.69. The minimum atomic E-state index is -0.798. The number of nitrogens with one attached hydrogen (secondary N) is 1. The van der Waals surface area contributed by atoms with Gasteiger partial charge in [-0.1, -0.05) is 12.1 Å². The van der Waals surface area contributed by atoms with Crippen molar-refractivity contribution in [3.8, 4) is 0 Å². The number of imide groups is 1. The van der Waals surface area contributed by atoms with Crippen LogP contribution in [0.25, 0.3) is 0 Å². The molecule has 19 heavy (non-hydrogen) atoms. The van der Waals surface area contributed by atoms with Crippen LogP contribution in [0.3, 0.4) is 0 Å². The van der Waals surface area contributed by atoms with Gasteiger partial charge in [0.15, 0.2) is 0 Å². The fraction of sp³-hybridized carbons (Fsp3) is 0.385. The summed E-state index contributed by atoms with van der Waals surface area (Å²) in [6, 6.07) is 7.22. The smallest absolute Gasteiger partial charge is 0.325 e. The van der Waals surface area contributed by atoms with Crippen LogP contribution >= 0.6 is 11.8 Å². The molecule has 1 aliphatic rings. The molecule has 1 heterocycles. The van der Waals surface area contributed by atoms with Crippen LogP contribution in [0.5, 0.6) is 0 Å². The number of hydrogen-bond donors (Lipinski definition) is 2. The summed E-state index contributed by atoms with van der Waals surface area (Å²) in [6.07, 6.45) is 0. The first-order valence-electron chi connectivity index (χ1n) is 6.03. The minimum Gasteiger partial charge on any atom is -0.398 e. The number of nitrogen functional groups attached to an aromatic ring is 1. The van der Waals surface area contributed by atoms with E-state index in [4.69, 9.17) is 5.73 Å². The Labute approximate surface area is 116 Å². The molecule has 0 unspecified atom stereocenters. The van der Waals surface area contributed by atoms with Crippen molar-refractivity contribution < 1.29 is 9.59 Å². The summed E-state index contributed by atoms with van der Waals surface area (Å²) in [6.45, 7) is 3.79. The minimum absolute atomic E-state index is 0.181. The summed E-state index contributed by atoms with van der Waals surface area (Å²) in [7, 11) is 0. The molecule has 0 bridgehead atoms. The lowest BCUT2D eigenvalue weighted by Gasteiger charge is -2.15. The number of nitrogens with two attached hydrogens (primary N) is 1. The fourth-order valence-corrected chi connectivity index (χ4v) is 2.78. The van der Waals surface area contributed by atoms with Crippen LogP contribution in [0.2, 0.25) is 0 Å². The third-order valence-corrected chi connectivity index (χ3v) is 4.01. The zero-order valence-electron chi connectivity index (χ0n) is 11.0. The number of nitrogens with zero attached hydrogens (tertiary/aromatic N) is 1. The van der Waals surface area contributed by atoms with Gasteiger partial charge in [0, 0.05) is 22.9 Å². The molecule has 6 heteroatoms. The number of urea groups is 1. The Morgan fingerprint density at radius 3 is 2.58 bits per heavy atom. The molecule has 3 N–H and O–H groups in total. The summed E-state index contributed by atoms with van der Waals surface area (Å²) in [4.78, 5) is 25.8. The highest BCUT2D eigenvalue weighted by Gasteiger charge is 2.43. The third kappa shape index (κ3) is 2.84. The Bertz CT molecular complexity index is 516. The van der Waals surface area contributed by atoms with Crippen molar-refractivity contribution >= 4 is 29.4 Å². The Morgan fingerprint density at radius 1 is 1.32 bits per heavy atom. The average molecular weight is 279 g/mol. The third-order valence-electron chi connectivity index (χ3n) is 2.94. The topological polar surface area (TPSA) is 75.4 Å². The molecule has 0 saturated carbocycles. The van der Waals surface area contributed by atoms with E-state index in [2.05, 4.69) is 5.32 Å². The van der Waals surface area contributed by atoms with Gasteiger partial charge in [0.05, 0.1) is 0 Å². The summed E-state index contributed by atoms with van der Waals surface area (Å²) in [5, 5.41) is 2.66. The van der Waals surface area contributed by atoms with Crippen LogP contribution in [0.15, 0.2) is 29.2 Å². The van der Waals surface area contributed by atoms with E-state index in [-0.39, 0.29) is 11.9 Å². The molecule has 1 saturated heterocycles. The largest absolute Gasteiger partial charge is 0.398 e. The van der Waals surface area contributed by atoms with Gasteiger partial charge in [-0.3, -0.25) is 9.69 Å². The summed E-state index contributed by atoms with van der Waals surface area (Å²) >= 11 is 1.54. The molecule has 1 aliphatic heterocycles. The summed E-state index contributed by atoms with van der Waals surface area (Å²) < 4.78 is 0. The molecule has 1 aromatic carbocycles. The van der Waals surface area contributed by atoms with Crippen LogP contribution in [0.1, 0.15) is 13.8 Å². The number of rotatable bonds is 4. The maximum Gasteiger partial charge on any atom is 0.325 e. The molecular formula is C13H17N3O2S. The highest BCUT2D eigenvalue weighted by atomic mass is 32.2. The number of carbonyl (C=O) groups is 2. The molecule has 3 amide bonds. The Balaban J connectivity index is 1.92. The maximum absolute atomic E-state index is 12.0. The lowest BCUT2D eigenvalue weighted by Crippen LogP contribution is -2.40. The van der Waals surface area contributed by atoms with Crippen LogP contribution in [-0.2, 0) is 4.79 Å². The highest BCUT2D eigenvalue weighted by Crippen LogP contribution is 2.25. The molecule has 0 spiro atoms. The lowest BCUT2D eigenvalue weighted by atomic mass is 10.1. The standard InChI is InChI=1S/C13H17N3O2S/c1-13(2)11(17)16(12(18)15-13)7-8-19-10-6-4-3-5-9(10)14/h3-6H,7-8,14H2,1-2H3,(H,15,18). The molecule has 1 aromatic rings. The second-order valence-electron chi connectivity index (χ2n) is 4.90. The molecule has 0 aromatic heterocycles. The van der Waals surface area contributed by atoms with Gasteiger partial charge in [0.1, 0.15) is 5.54 Å². The Kier molecular flexibility index (Phi) is 3.71. The van der Waals surface area contributed by atoms with Crippen molar-refractivity contribution in [1.82, 2.24) is 10.2 Å². The Morgan fingerprint density at radius 2 is 2.00 bits per heavy atom. The molecular weight excluding hydrogens is 262 g/mol. The van der Waals surface area contributed by atoms with Crippen LogP contribution in [-0.4, -0.2) is 34.7 Å². The van der Waals surface area contributed by atoms with Gasteiger partial charge in [-0.15, -0.1) is 11.8 Å². The lowest BCUT2D eigenvalue weighted by molar-refractivity contribution is -0.130. The van der Waals surface area contributed by atoms with Crippen LogP contribution in [0, 0.1) is 0 Å². The molecule has 0 atom stereocenters. The van der Waals surface area contributed by atoms with Gasteiger partial charge >= 0.3 is 6.03 Å². The van der Waals surface area contributed by atoms with E-state index < -0.39 is 5.54 Å². The highest BCUT2D eigenvalue weighted by molar-refractivity contribution is 7.99. The maximum atomic E-state index is 12.0. The molecule has 1 fully saturated rings. The monoisotopic (exact) mass is 279 g/mol. The number of benzene rings is 1. The number of amides is 3. The van der Waals surface area contributed by atoms with Crippen molar-refractivity contribution in [2.75, 3.05) is 18.0 Å². The van der Waals surface area contributed by atoms with Gasteiger partial charge < -0.3 is 11.1 Å². The van der Waals surface area contributed by atoms with Crippen molar-refractivity contribution in [3.63, 3.8) is 0 Å². The SMILES string of the molecule is CC1(C)NC(=O)N(CCSc2ccccc2N)C1=O. The number of anilines is 1. The van der Waals surface area contributed by atoms with Gasteiger partial charge in [0.2, 0.25) is 0 Å². The van der Waals surface area contributed by atoms with Gasteiger partial charge in [0.25, 0.3) is 5.91 Å². The van der Waals surface area contributed by atoms with Gasteiger partial charge in [-0.05, 0) is 26.0 Å².